The van der Waals surface area contributed by atoms with Crippen LogP contribution in [0.3, 0.4) is 0 Å². The number of carbonyl (C=O) groups is 1. The lowest BCUT2D eigenvalue weighted by Gasteiger charge is -2.57. The van der Waals surface area contributed by atoms with Crippen LogP contribution >= 0.6 is 0 Å². The van der Waals surface area contributed by atoms with Gasteiger partial charge in [-0.05, 0) is 86.3 Å². The van der Waals surface area contributed by atoms with Gasteiger partial charge in [-0.15, -0.1) is 0 Å². The Morgan fingerprint density at radius 2 is 1.64 bits per heavy atom. The van der Waals surface area contributed by atoms with Gasteiger partial charge in [-0.1, -0.05) is 0 Å². The number of carbonyl (C=O) groups excluding carboxylic acids is 1. The first-order valence-corrected chi connectivity index (χ1v) is 9.87. The van der Waals surface area contributed by atoms with Gasteiger partial charge in [0.05, 0.1) is 0 Å². The van der Waals surface area contributed by atoms with Gasteiger partial charge in [-0.3, -0.25) is 4.79 Å². The van der Waals surface area contributed by atoms with Crippen LogP contribution in [0, 0.1) is 23.2 Å². The normalized spacial score (nSPS) is 34.8. The molecule has 0 aromatic heterocycles. The van der Waals surface area contributed by atoms with E-state index in [1.54, 1.807) is 6.07 Å². The number of fused-ring (bicyclic) bond motifs is 1. The summed E-state index contributed by atoms with van der Waals surface area (Å²) in [5.74, 6) is 4.33. The fourth-order valence-corrected chi connectivity index (χ4v) is 6.32. The van der Waals surface area contributed by atoms with E-state index in [1.165, 1.54) is 38.5 Å². The SMILES string of the molecule is O=C(NCCC12CC3CC(CC(C3)C1)C2)c1ccc2c(c1)OCCO2. The summed E-state index contributed by atoms with van der Waals surface area (Å²) >= 11 is 0. The summed E-state index contributed by atoms with van der Waals surface area (Å²) in [7, 11) is 0. The Hall–Kier alpha value is -1.71. The average Bonchev–Trinajstić information content (AvgIpc) is 2.60. The van der Waals surface area contributed by atoms with Crippen molar-refractivity contribution < 1.29 is 14.3 Å². The fraction of sp³-hybridized carbons (Fsp3) is 0.667. The lowest BCUT2D eigenvalue weighted by atomic mass is 9.49. The van der Waals surface area contributed by atoms with E-state index >= 15 is 0 Å². The summed E-state index contributed by atoms with van der Waals surface area (Å²) in [6.07, 6.45) is 9.78. The Bertz CT molecular complexity index is 648. The first-order valence-electron chi connectivity index (χ1n) is 9.87. The number of hydrogen-bond donors (Lipinski definition) is 1. The maximum Gasteiger partial charge on any atom is 0.251 e. The maximum absolute atomic E-state index is 12.5. The van der Waals surface area contributed by atoms with Crippen LogP contribution in [0.15, 0.2) is 18.2 Å². The number of nitrogens with one attached hydrogen (secondary N) is 1. The minimum absolute atomic E-state index is 0.00158. The standard InChI is InChI=1S/C21H27NO3/c23-20(17-1-2-18-19(10-17)25-6-5-24-18)22-4-3-21-11-14-7-15(12-21)9-16(8-14)13-21/h1-2,10,14-16H,3-9,11-13H2,(H,22,23). The van der Waals surface area contributed by atoms with Crippen molar-refractivity contribution >= 4 is 5.91 Å². The zero-order valence-electron chi connectivity index (χ0n) is 14.8. The zero-order valence-corrected chi connectivity index (χ0v) is 14.8. The van der Waals surface area contributed by atoms with Crippen molar-refractivity contribution in [1.29, 1.82) is 0 Å². The molecule has 1 aliphatic heterocycles. The fourth-order valence-electron chi connectivity index (χ4n) is 6.32. The molecule has 4 saturated carbocycles. The van der Waals surface area contributed by atoms with Gasteiger partial charge in [0.1, 0.15) is 13.2 Å². The molecule has 0 unspecified atom stereocenters. The Morgan fingerprint density at radius 1 is 1.00 bits per heavy atom. The van der Waals surface area contributed by atoms with E-state index in [9.17, 15) is 4.79 Å². The van der Waals surface area contributed by atoms with Crippen LogP contribution < -0.4 is 14.8 Å². The summed E-state index contributed by atoms with van der Waals surface area (Å²) in [6.45, 7) is 1.91. The Kier molecular flexibility index (Phi) is 3.68. The summed E-state index contributed by atoms with van der Waals surface area (Å²) in [5, 5.41) is 3.15. The molecule has 1 N–H and O–H groups in total. The second kappa shape index (κ2) is 5.93. The van der Waals surface area contributed by atoms with E-state index in [-0.39, 0.29) is 5.91 Å². The molecule has 0 radical (unpaired) electrons. The van der Waals surface area contributed by atoms with Crippen molar-refractivity contribution in [2.75, 3.05) is 19.8 Å². The molecule has 0 atom stereocenters. The number of hydrogen-bond acceptors (Lipinski definition) is 3. The van der Waals surface area contributed by atoms with Crippen molar-refractivity contribution in [3.63, 3.8) is 0 Å². The van der Waals surface area contributed by atoms with Crippen LogP contribution in [0.4, 0.5) is 0 Å². The summed E-state index contributed by atoms with van der Waals surface area (Å²) in [4.78, 5) is 12.5. The highest BCUT2D eigenvalue weighted by Gasteiger charge is 2.50. The van der Waals surface area contributed by atoms with Crippen LogP contribution in [0.1, 0.15) is 55.3 Å². The molecule has 1 amide bonds. The van der Waals surface area contributed by atoms with Crippen LogP contribution in [-0.2, 0) is 0 Å². The molecule has 25 heavy (non-hydrogen) atoms. The van der Waals surface area contributed by atoms with Crippen molar-refractivity contribution in [2.45, 2.75) is 44.9 Å². The van der Waals surface area contributed by atoms with Gasteiger partial charge in [0.15, 0.2) is 11.5 Å². The highest BCUT2D eigenvalue weighted by molar-refractivity contribution is 5.94. The minimum atomic E-state index is 0.00158. The lowest BCUT2D eigenvalue weighted by Crippen LogP contribution is -2.47. The van der Waals surface area contributed by atoms with Crippen molar-refractivity contribution in [3.05, 3.63) is 23.8 Å². The summed E-state index contributed by atoms with van der Waals surface area (Å²) in [5.41, 5.74) is 1.18. The quantitative estimate of drug-likeness (QED) is 0.906. The third kappa shape index (κ3) is 2.90. The number of ether oxygens (including phenoxy) is 2. The third-order valence-corrected chi connectivity index (χ3v) is 6.91. The van der Waals surface area contributed by atoms with Crippen molar-refractivity contribution in [3.8, 4) is 11.5 Å². The molecule has 1 aromatic carbocycles. The Balaban J connectivity index is 1.20. The molecule has 1 aromatic rings. The molecule has 134 valence electrons. The molecule has 4 heteroatoms. The van der Waals surface area contributed by atoms with E-state index in [1.807, 2.05) is 12.1 Å². The minimum Gasteiger partial charge on any atom is -0.486 e. The highest BCUT2D eigenvalue weighted by Crippen LogP contribution is 2.61. The van der Waals surface area contributed by atoms with E-state index in [4.69, 9.17) is 9.47 Å². The monoisotopic (exact) mass is 341 g/mol. The maximum atomic E-state index is 12.5. The first-order chi connectivity index (χ1) is 12.2. The van der Waals surface area contributed by atoms with Crippen LogP contribution in [0.2, 0.25) is 0 Å². The smallest absolute Gasteiger partial charge is 0.251 e. The van der Waals surface area contributed by atoms with E-state index < -0.39 is 0 Å². The summed E-state index contributed by atoms with van der Waals surface area (Å²) < 4.78 is 11.1. The molecule has 6 rings (SSSR count). The van der Waals surface area contributed by atoms with E-state index in [0.29, 0.717) is 29.9 Å². The molecular weight excluding hydrogens is 314 g/mol. The molecule has 1 heterocycles. The van der Waals surface area contributed by atoms with Gasteiger partial charge in [0, 0.05) is 12.1 Å². The van der Waals surface area contributed by atoms with Gasteiger partial charge < -0.3 is 14.8 Å². The van der Waals surface area contributed by atoms with Gasteiger partial charge in [-0.25, -0.2) is 0 Å². The highest BCUT2D eigenvalue weighted by atomic mass is 16.6. The van der Waals surface area contributed by atoms with E-state index in [2.05, 4.69) is 5.32 Å². The van der Waals surface area contributed by atoms with Gasteiger partial charge in [0.25, 0.3) is 5.91 Å². The zero-order chi connectivity index (χ0) is 16.9. The average molecular weight is 341 g/mol. The topological polar surface area (TPSA) is 47.6 Å². The summed E-state index contributed by atoms with van der Waals surface area (Å²) in [6, 6.07) is 5.46. The Morgan fingerprint density at radius 3 is 2.32 bits per heavy atom. The van der Waals surface area contributed by atoms with Crippen LogP contribution in [0.5, 0.6) is 11.5 Å². The third-order valence-electron chi connectivity index (χ3n) is 6.91. The molecule has 4 aliphatic carbocycles. The second-order valence-electron chi connectivity index (χ2n) is 8.78. The molecule has 0 saturated heterocycles. The largest absolute Gasteiger partial charge is 0.486 e. The van der Waals surface area contributed by atoms with Crippen molar-refractivity contribution in [1.82, 2.24) is 5.32 Å². The molecule has 5 aliphatic rings. The molecule has 4 nitrogen and oxygen atoms in total. The van der Waals surface area contributed by atoms with Gasteiger partial charge in [-0.2, -0.15) is 0 Å². The predicted molar refractivity (Wildman–Crippen MR) is 95.0 cm³/mol. The molecular formula is C21H27NO3. The first kappa shape index (κ1) is 15.5. The number of amides is 1. The lowest BCUT2D eigenvalue weighted by molar-refractivity contribution is -0.0564. The molecule has 0 spiro atoms. The second-order valence-corrected chi connectivity index (χ2v) is 8.78. The van der Waals surface area contributed by atoms with Gasteiger partial charge >= 0.3 is 0 Å². The van der Waals surface area contributed by atoms with Gasteiger partial charge in [0.2, 0.25) is 0 Å². The van der Waals surface area contributed by atoms with Crippen LogP contribution in [-0.4, -0.2) is 25.7 Å². The number of rotatable bonds is 4. The number of benzene rings is 1. The predicted octanol–water partition coefficient (Wildman–Crippen LogP) is 3.79. The van der Waals surface area contributed by atoms with Crippen molar-refractivity contribution in [2.24, 2.45) is 23.2 Å². The molecule has 4 fully saturated rings. The van der Waals surface area contributed by atoms with Crippen LogP contribution in [0.25, 0.3) is 0 Å². The molecule has 4 bridgehead atoms. The van der Waals surface area contributed by atoms with E-state index in [0.717, 1.165) is 36.5 Å². The Labute approximate surface area is 149 Å².